The van der Waals surface area contributed by atoms with E-state index < -0.39 is 69.3 Å². The van der Waals surface area contributed by atoms with Crippen LogP contribution in [-0.2, 0) is 4.79 Å². The van der Waals surface area contributed by atoms with Gasteiger partial charge in [-0.2, -0.15) is 0 Å². The molecule has 0 spiro atoms. The maximum atomic E-state index is 15.0. The van der Waals surface area contributed by atoms with Crippen LogP contribution < -0.4 is 21.3 Å². The molecule has 1 saturated heterocycles. The summed E-state index contributed by atoms with van der Waals surface area (Å²) >= 11 is 0. The first-order valence-electron chi connectivity index (χ1n) is 11.9. The number of carbonyl (C=O) groups is 2. The van der Waals surface area contributed by atoms with E-state index in [0.29, 0.717) is 43.2 Å². The zero-order valence-corrected chi connectivity index (χ0v) is 20.4. The highest BCUT2D eigenvalue weighted by Crippen LogP contribution is 2.27. The minimum absolute atomic E-state index is 0.0786. The highest BCUT2D eigenvalue weighted by atomic mass is 19.1. The molecule has 206 valence electrons. The number of nitrogens with one attached hydrogen (secondary N) is 1. The zero-order valence-electron chi connectivity index (χ0n) is 20.4. The molecule has 9 nitrogen and oxygen atoms in total. The molecule has 0 bridgehead atoms. The van der Waals surface area contributed by atoms with Crippen molar-refractivity contribution in [3.05, 3.63) is 87.2 Å². The first-order valence-corrected chi connectivity index (χ1v) is 11.9. The lowest BCUT2D eigenvalue weighted by atomic mass is 10.0. The maximum absolute atomic E-state index is 15.0. The highest BCUT2D eigenvalue weighted by Gasteiger charge is 2.25. The number of anilines is 1. The molecule has 39 heavy (non-hydrogen) atoms. The Bertz CT molecular complexity index is 1460. The second-order valence-electron chi connectivity index (χ2n) is 8.84. The number of aliphatic carboxylic acids is 1. The average molecular weight is 548 g/mol. The number of nitrogen functional groups attached to an aromatic ring is 1. The number of carboxylic acid groups (broad SMARTS) is 1. The maximum Gasteiger partial charge on any atom is 0.322 e. The number of pyridine rings is 1. The predicted molar refractivity (Wildman–Crippen MR) is 132 cm³/mol. The van der Waals surface area contributed by atoms with Gasteiger partial charge in [0.05, 0.1) is 17.7 Å². The van der Waals surface area contributed by atoms with Gasteiger partial charge in [-0.3, -0.25) is 23.9 Å². The fraction of sp³-hybridized carbons (Fsp3) is 0.269. The van der Waals surface area contributed by atoms with Gasteiger partial charge in [-0.25, -0.2) is 17.6 Å². The van der Waals surface area contributed by atoms with Gasteiger partial charge in [0.2, 0.25) is 0 Å². The van der Waals surface area contributed by atoms with Gasteiger partial charge in [0.25, 0.3) is 5.56 Å². The lowest BCUT2D eigenvalue weighted by molar-refractivity contribution is -0.140. The summed E-state index contributed by atoms with van der Waals surface area (Å²) in [7, 11) is 0. The third kappa shape index (κ3) is 6.10. The number of nitrogens with zero attached hydrogens (tertiary/aromatic N) is 2. The molecule has 4 rings (SSSR count). The van der Waals surface area contributed by atoms with Gasteiger partial charge < -0.3 is 20.9 Å². The number of rotatable bonds is 9. The molecule has 1 fully saturated rings. The third-order valence-electron chi connectivity index (χ3n) is 6.21. The van der Waals surface area contributed by atoms with Gasteiger partial charge >= 0.3 is 5.97 Å². The molecule has 1 aliphatic heterocycles. The van der Waals surface area contributed by atoms with Gasteiger partial charge in [-0.1, -0.05) is 0 Å². The fourth-order valence-electron chi connectivity index (χ4n) is 4.29. The first-order chi connectivity index (χ1) is 18.6. The van der Waals surface area contributed by atoms with E-state index in [1.54, 1.807) is 0 Å². The topological polar surface area (TPSA) is 127 Å². The van der Waals surface area contributed by atoms with E-state index in [1.165, 1.54) is 0 Å². The quantitative estimate of drug-likeness (QED) is 0.211. The predicted octanol–water partition coefficient (Wildman–Crippen LogP) is 2.33. The van der Waals surface area contributed by atoms with Crippen molar-refractivity contribution in [1.82, 2.24) is 14.8 Å². The van der Waals surface area contributed by atoms with Crippen LogP contribution >= 0.6 is 0 Å². The molecule has 4 N–H and O–H groups in total. The Morgan fingerprint density at radius 1 is 1.03 bits per heavy atom. The molecule has 3 aromatic rings. The van der Waals surface area contributed by atoms with Crippen molar-refractivity contribution in [3.63, 3.8) is 0 Å². The Hall–Kier alpha value is -4.23. The largest absolute Gasteiger partial charge is 0.493 e. The number of piperazine rings is 1. The van der Waals surface area contributed by atoms with Crippen molar-refractivity contribution in [3.8, 4) is 11.4 Å². The van der Waals surface area contributed by atoms with Crippen molar-refractivity contribution < 1.29 is 37.0 Å². The third-order valence-corrected chi connectivity index (χ3v) is 6.21. The molecule has 1 unspecified atom stereocenters. The molecule has 0 radical (unpaired) electrons. The summed E-state index contributed by atoms with van der Waals surface area (Å²) in [6.07, 6.45) is 0.452. The van der Waals surface area contributed by atoms with Crippen molar-refractivity contribution >= 4 is 17.6 Å². The molecule has 0 aliphatic carbocycles. The highest BCUT2D eigenvalue weighted by molar-refractivity contribution is 6.11. The van der Waals surface area contributed by atoms with E-state index >= 15 is 8.78 Å². The fourth-order valence-corrected chi connectivity index (χ4v) is 4.29. The van der Waals surface area contributed by atoms with E-state index in [-0.39, 0.29) is 12.4 Å². The average Bonchev–Trinajstić information content (AvgIpc) is 2.88. The standard InChI is InChI=1S/C26H24F4N4O5/c27-14-2-3-16(18(28)10-14)24(36)17-4-5-22(35)34(25(17)31)23-19(29)11-15(12-20(23)30)39-9-1-7-33-8-6-32-21(13-33)26(37)38/h2-5,10-12,21,32H,1,6-9,13,31H2,(H,37,38). The zero-order chi connectivity index (χ0) is 28.3. The van der Waals surface area contributed by atoms with Crippen LogP contribution in [0.2, 0.25) is 0 Å². The molecule has 2 heterocycles. The molecular weight excluding hydrogens is 524 g/mol. The number of carbonyl (C=O) groups excluding carboxylic acids is 1. The second-order valence-corrected chi connectivity index (χ2v) is 8.84. The summed E-state index contributed by atoms with van der Waals surface area (Å²) in [4.78, 5) is 38.4. The number of halogens is 4. The van der Waals surface area contributed by atoms with Crippen LogP contribution in [-0.4, -0.2) is 65.2 Å². The summed E-state index contributed by atoms with van der Waals surface area (Å²) in [5.74, 6) is -7.26. The van der Waals surface area contributed by atoms with E-state index in [2.05, 4.69) is 5.32 Å². The first kappa shape index (κ1) is 27.8. The Labute approximate surface area is 219 Å². The Kier molecular flexibility index (Phi) is 8.31. The van der Waals surface area contributed by atoms with E-state index in [9.17, 15) is 23.2 Å². The van der Waals surface area contributed by atoms with Crippen LogP contribution in [0.25, 0.3) is 5.69 Å². The molecule has 0 saturated carbocycles. The number of nitrogens with two attached hydrogens (primary N) is 1. The van der Waals surface area contributed by atoms with E-state index in [0.717, 1.165) is 36.4 Å². The molecule has 13 heteroatoms. The van der Waals surface area contributed by atoms with Gasteiger partial charge in [-0.15, -0.1) is 0 Å². The van der Waals surface area contributed by atoms with Crippen molar-refractivity contribution in [1.29, 1.82) is 0 Å². The van der Waals surface area contributed by atoms with Crippen LogP contribution in [0.3, 0.4) is 0 Å². The molecule has 2 aromatic carbocycles. The van der Waals surface area contributed by atoms with Crippen LogP contribution in [0, 0.1) is 23.3 Å². The van der Waals surface area contributed by atoms with E-state index in [1.807, 2.05) is 4.90 Å². The minimum atomic E-state index is -1.21. The number of hydrogen-bond acceptors (Lipinski definition) is 7. The van der Waals surface area contributed by atoms with Crippen LogP contribution in [0.1, 0.15) is 22.3 Å². The van der Waals surface area contributed by atoms with Crippen molar-refractivity contribution in [2.75, 3.05) is 38.5 Å². The van der Waals surface area contributed by atoms with Gasteiger partial charge in [0.1, 0.15) is 34.9 Å². The molecule has 1 aromatic heterocycles. The summed E-state index contributed by atoms with van der Waals surface area (Å²) < 4.78 is 63.4. The van der Waals surface area contributed by atoms with Gasteiger partial charge in [-0.05, 0) is 24.6 Å². The number of ether oxygens (including phenoxy) is 1. The number of hydrogen-bond donors (Lipinski definition) is 3. The van der Waals surface area contributed by atoms with Gasteiger partial charge in [0, 0.05) is 50.4 Å². The van der Waals surface area contributed by atoms with Crippen LogP contribution in [0.15, 0.2) is 47.3 Å². The summed E-state index contributed by atoms with van der Waals surface area (Å²) in [6, 6.07) is 5.11. The molecule has 0 amide bonds. The lowest BCUT2D eigenvalue weighted by Gasteiger charge is -2.31. The Morgan fingerprint density at radius 2 is 1.72 bits per heavy atom. The van der Waals surface area contributed by atoms with Crippen molar-refractivity contribution in [2.45, 2.75) is 12.5 Å². The van der Waals surface area contributed by atoms with Crippen molar-refractivity contribution in [2.24, 2.45) is 0 Å². The molecule has 1 aliphatic rings. The normalized spacial score (nSPS) is 15.7. The SMILES string of the molecule is Nc1c(C(=O)c2ccc(F)cc2F)ccc(=O)n1-c1c(F)cc(OCCCN2CCNC(C(=O)O)C2)cc1F. The monoisotopic (exact) mass is 548 g/mol. The summed E-state index contributed by atoms with van der Waals surface area (Å²) in [6.45, 7) is 2.07. The smallest absolute Gasteiger partial charge is 0.322 e. The number of ketones is 1. The summed E-state index contributed by atoms with van der Waals surface area (Å²) in [5, 5.41) is 12.0. The number of aromatic nitrogens is 1. The molecule has 1 atom stereocenters. The lowest BCUT2D eigenvalue weighted by Crippen LogP contribution is -2.54. The van der Waals surface area contributed by atoms with Gasteiger partial charge in [0.15, 0.2) is 17.4 Å². The number of carboxylic acids is 1. The second kappa shape index (κ2) is 11.7. The van der Waals surface area contributed by atoms with Crippen LogP contribution in [0.5, 0.6) is 5.75 Å². The molecular formula is C26H24F4N4O5. The minimum Gasteiger partial charge on any atom is -0.493 e. The Balaban J connectivity index is 1.51. The van der Waals surface area contributed by atoms with Crippen LogP contribution in [0.4, 0.5) is 23.4 Å². The summed E-state index contributed by atoms with van der Waals surface area (Å²) in [5.41, 5.74) is 3.17. The van der Waals surface area contributed by atoms with E-state index in [4.69, 9.17) is 15.6 Å². The Morgan fingerprint density at radius 3 is 2.38 bits per heavy atom. The number of benzene rings is 2.